The molecule has 150 valence electrons. The van der Waals surface area contributed by atoms with Crippen molar-refractivity contribution in [2.45, 2.75) is 45.5 Å². The molecule has 0 radical (unpaired) electrons. The predicted octanol–water partition coefficient (Wildman–Crippen LogP) is 3.85. The average Bonchev–Trinajstić information content (AvgIpc) is 3.26. The molecular weight excluding hydrogens is 367 g/mol. The van der Waals surface area contributed by atoms with Gasteiger partial charge in [0.25, 0.3) is 0 Å². The maximum absolute atomic E-state index is 6.10. The lowest BCUT2D eigenvalue weighted by Crippen LogP contribution is -2.41. The Hall–Kier alpha value is -2.48. The molecule has 6 nitrogen and oxygen atoms in total. The summed E-state index contributed by atoms with van der Waals surface area (Å²) in [6.07, 6.45) is 0. The third kappa shape index (κ3) is 3.86. The second-order valence-corrected chi connectivity index (χ2v) is 8.25. The maximum Gasteiger partial charge on any atom is 0.494 e. The van der Waals surface area contributed by atoms with Gasteiger partial charge in [-0.2, -0.15) is 0 Å². The van der Waals surface area contributed by atoms with Crippen LogP contribution in [0.15, 0.2) is 52.9 Å². The number of nitrogens with zero attached hydrogens (tertiary/aromatic N) is 2. The summed E-state index contributed by atoms with van der Waals surface area (Å²) in [6, 6.07) is 15.7. The lowest BCUT2D eigenvalue weighted by molar-refractivity contribution is 0.00578. The van der Waals surface area contributed by atoms with Gasteiger partial charge in [0, 0.05) is 18.2 Å². The van der Waals surface area contributed by atoms with Gasteiger partial charge < -0.3 is 18.5 Å². The number of rotatable bonds is 5. The number of benzene rings is 2. The lowest BCUT2D eigenvalue weighted by atomic mass is 9.79. The van der Waals surface area contributed by atoms with E-state index in [1.807, 2.05) is 76.2 Å². The molecule has 1 aromatic heterocycles. The van der Waals surface area contributed by atoms with Crippen molar-refractivity contribution in [1.82, 2.24) is 10.2 Å². The van der Waals surface area contributed by atoms with E-state index in [0.717, 1.165) is 22.2 Å². The molecule has 29 heavy (non-hydrogen) atoms. The first-order valence-electron chi connectivity index (χ1n) is 9.67. The van der Waals surface area contributed by atoms with Gasteiger partial charge in [-0.3, -0.25) is 0 Å². The minimum absolute atomic E-state index is 0.365. The fourth-order valence-corrected chi connectivity index (χ4v) is 3.13. The van der Waals surface area contributed by atoms with Gasteiger partial charge in [0.05, 0.1) is 17.8 Å². The van der Waals surface area contributed by atoms with Crippen molar-refractivity contribution in [2.75, 3.05) is 7.11 Å². The number of ether oxygens (including phenoxy) is 1. The highest BCUT2D eigenvalue weighted by Gasteiger charge is 2.51. The molecule has 0 atom stereocenters. The molecule has 0 amide bonds. The lowest BCUT2D eigenvalue weighted by Gasteiger charge is -2.32. The molecule has 2 heterocycles. The van der Waals surface area contributed by atoms with Crippen molar-refractivity contribution < 1.29 is 18.5 Å². The highest BCUT2D eigenvalue weighted by molar-refractivity contribution is 6.62. The van der Waals surface area contributed by atoms with Crippen molar-refractivity contribution in [3.8, 4) is 22.9 Å². The van der Waals surface area contributed by atoms with Crippen LogP contribution in [0.1, 0.15) is 33.3 Å². The zero-order valence-corrected chi connectivity index (χ0v) is 17.4. The second-order valence-electron chi connectivity index (χ2n) is 8.25. The molecule has 0 bridgehead atoms. The zero-order valence-electron chi connectivity index (χ0n) is 17.4. The molecule has 4 rings (SSSR count). The van der Waals surface area contributed by atoms with Crippen LogP contribution in [0, 0.1) is 0 Å². The van der Waals surface area contributed by atoms with Crippen LogP contribution in [0.25, 0.3) is 22.9 Å². The van der Waals surface area contributed by atoms with Crippen molar-refractivity contribution in [1.29, 1.82) is 0 Å². The van der Waals surface area contributed by atoms with Gasteiger partial charge in [-0.15, -0.1) is 10.2 Å². The van der Waals surface area contributed by atoms with E-state index in [1.54, 1.807) is 7.11 Å². The molecule has 0 N–H and O–H groups in total. The summed E-state index contributed by atoms with van der Waals surface area (Å²) in [5, 5.41) is 8.37. The quantitative estimate of drug-likeness (QED) is 0.615. The molecule has 0 aliphatic carbocycles. The molecule has 0 saturated carbocycles. The van der Waals surface area contributed by atoms with E-state index in [2.05, 4.69) is 10.2 Å². The highest BCUT2D eigenvalue weighted by Crippen LogP contribution is 2.36. The smallest absolute Gasteiger partial charge is 0.416 e. The fourth-order valence-electron chi connectivity index (χ4n) is 3.13. The van der Waals surface area contributed by atoms with Crippen molar-refractivity contribution >= 4 is 12.6 Å². The predicted molar refractivity (Wildman–Crippen MR) is 112 cm³/mol. The number of hydrogen-bond donors (Lipinski definition) is 0. The van der Waals surface area contributed by atoms with Crippen molar-refractivity contribution in [3.05, 3.63) is 54.1 Å². The average molecular weight is 392 g/mol. The van der Waals surface area contributed by atoms with Crippen LogP contribution in [0.5, 0.6) is 0 Å². The van der Waals surface area contributed by atoms with E-state index in [9.17, 15) is 0 Å². The Balaban J connectivity index is 1.50. The first-order chi connectivity index (χ1) is 13.8. The van der Waals surface area contributed by atoms with E-state index in [0.29, 0.717) is 18.4 Å². The van der Waals surface area contributed by atoms with Crippen LogP contribution in [-0.2, 0) is 20.7 Å². The fraction of sp³-hybridized carbons (Fsp3) is 0.364. The molecule has 2 aromatic carbocycles. The zero-order chi connectivity index (χ0) is 20.6. The second kappa shape index (κ2) is 7.41. The van der Waals surface area contributed by atoms with Crippen molar-refractivity contribution in [3.63, 3.8) is 0 Å². The van der Waals surface area contributed by atoms with Gasteiger partial charge >= 0.3 is 7.12 Å². The Labute approximate surface area is 171 Å². The molecule has 3 aromatic rings. The number of aromatic nitrogens is 2. The van der Waals surface area contributed by atoms with E-state index in [1.165, 1.54) is 0 Å². The largest absolute Gasteiger partial charge is 0.494 e. The first kappa shape index (κ1) is 19.8. The van der Waals surface area contributed by atoms with Gasteiger partial charge in [0.2, 0.25) is 11.8 Å². The molecule has 0 spiro atoms. The molecular formula is C22H25BN2O4. The van der Waals surface area contributed by atoms with Gasteiger partial charge in [-0.05, 0) is 63.0 Å². The Morgan fingerprint density at radius 1 is 0.793 bits per heavy atom. The van der Waals surface area contributed by atoms with E-state index < -0.39 is 7.12 Å². The Bertz CT molecular complexity index is 965. The molecule has 1 aliphatic rings. The molecule has 1 aliphatic heterocycles. The van der Waals surface area contributed by atoms with E-state index in [-0.39, 0.29) is 11.2 Å². The van der Waals surface area contributed by atoms with Crippen LogP contribution in [-0.4, -0.2) is 35.6 Å². The van der Waals surface area contributed by atoms with E-state index >= 15 is 0 Å². The maximum atomic E-state index is 6.10. The summed E-state index contributed by atoms with van der Waals surface area (Å²) in [4.78, 5) is 0. The SMILES string of the molecule is COCc1ccc(-c2nnc(-c3ccc(B4OC(C)(C)C(C)(C)O4)cc3)o2)cc1. The third-order valence-electron chi connectivity index (χ3n) is 5.62. The number of hydrogen-bond acceptors (Lipinski definition) is 6. The topological polar surface area (TPSA) is 66.6 Å². The Morgan fingerprint density at radius 2 is 1.28 bits per heavy atom. The summed E-state index contributed by atoms with van der Waals surface area (Å²) in [5.41, 5.74) is 3.04. The van der Waals surface area contributed by atoms with Gasteiger partial charge in [0.1, 0.15) is 0 Å². The summed E-state index contributed by atoms with van der Waals surface area (Å²) in [5.74, 6) is 0.959. The van der Waals surface area contributed by atoms with Crippen LogP contribution < -0.4 is 5.46 Å². The standard InChI is InChI=1S/C22H25BN2O4/c1-21(2)22(3,4)29-23(28-21)18-12-10-17(11-13-18)20-25-24-19(27-20)16-8-6-15(7-9-16)14-26-5/h6-13H,14H2,1-5H3. The minimum Gasteiger partial charge on any atom is -0.416 e. The molecule has 0 unspecified atom stereocenters. The minimum atomic E-state index is -0.391. The monoisotopic (exact) mass is 392 g/mol. The Kier molecular flexibility index (Phi) is 5.06. The summed E-state index contributed by atoms with van der Waals surface area (Å²) < 4.78 is 23.2. The van der Waals surface area contributed by atoms with Gasteiger partial charge in [-0.1, -0.05) is 24.3 Å². The van der Waals surface area contributed by atoms with Crippen LogP contribution in [0.4, 0.5) is 0 Å². The summed E-state index contributed by atoms with van der Waals surface area (Å²) >= 11 is 0. The molecule has 7 heteroatoms. The summed E-state index contributed by atoms with van der Waals surface area (Å²) in [7, 11) is 1.29. The van der Waals surface area contributed by atoms with Gasteiger partial charge in [0.15, 0.2) is 0 Å². The molecule has 1 fully saturated rings. The van der Waals surface area contributed by atoms with Crippen molar-refractivity contribution in [2.24, 2.45) is 0 Å². The van der Waals surface area contributed by atoms with Crippen LogP contribution >= 0.6 is 0 Å². The molecule has 1 saturated heterocycles. The Morgan fingerprint density at radius 3 is 1.76 bits per heavy atom. The van der Waals surface area contributed by atoms with E-state index in [4.69, 9.17) is 18.5 Å². The number of methoxy groups -OCH3 is 1. The van der Waals surface area contributed by atoms with Crippen LogP contribution in [0.3, 0.4) is 0 Å². The third-order valence-corrected chi connectivity index (χ3v) is 5.62. The highest BCUT2D eigenvalue weighted by atomic mass is 16.7. The van der Waals surface area contributed by atoms with Crippen LogP contribution in [0.2, 0.25) is 0 Å². The van der Waals surface area contributed by atoms with Gasteiger partial charge in [-0.25, -0.2) is 0 Å². The first-order valence-corrected chi connectivity index (χ1v) is 9.67. The normalized spacial score (nSPS) is 17.6. The summed E-state index contributed by atoms with van der Waals surface area (Å²) in [6.45, 7) is 8.75.